The number of anilines is 1. The molecule has 0 N–H and O–H groups in total. The van der Waals surface area contributed by atoms with Crippen LogP contribution in [0.25, 0.3) is 0 Å². The molecule has 1 saturated carbocycles. The van der Waals surface area contributed by atoms with Gasteiger partial charge in [0.25, 0.3) is 0 Å². The van der Waals surface area contributed by atoms with E-state index in [1.807, 2.05) is 24.3 Å². The van der Waals surface area contributed by atoms with Crippen LogP contribution in [0.2, 0.25) is 0 Å². The van der Waals surface area contributed by atoms with E-state index in [0.717, 1.165) is 24.3 Å². The number of ether oxygens (including phenoxy) is 1. The fourth-order valence-electron chi connectivity index (χ4n) is 4.80. The third-order valence-electron chi connectivity index (χ3n) is 6.03. The van der Waals surface area contributed by atoms with Crippen molar-refractivity contribution in [3.05, 3.63) is 24.3 Å². The van der Waals surface area contributed by atoms with Gasteiger partial charge in [-0.05, 0) is 37.1 Å². The number of amides is 1. The molecule has 26 heavy (non-hydrogen) atoms. The molecule has 142 valence electrons. The number of fused-ring (bicyclic) bond motifs is 1. The molecule has 4 rings (SSSR count). The molecule has 2 aliphatic heterocycles. The van der Waals surface area contributed by atoms with Crippen LogP contribution >= 0.6 is 0 Å². The summed E-state index contributed by atoms with van der Waals surface area (Å²) in [5.74, 6) is 0.934. The van der Waals surface area contributed by atoms with Gasteiger partial charge >= 0.3 is 0 Å². The molecule has 1 amide bonds. The van der Waals surface area contributed by atoms with Crippen LogP contribution in [0, 0.1) is 0 Å². The molecular formula is C19H26N2O4S. The van der Waals surface area contributed by atoms with Crippen LogP contribution in [-0.2, 0) is 14.6 Å². The van der Waals surface area contributed by atoms with E-state index < -0.39 is 9.84 Å². The van der Waals surface area contributed by atoms with Crippen molar-refractivity contribution in [2.24, 2.45) is 0 Å². The minimum atomic E-state index is -3.14. The first-order valence-electron chi connectivity index (χ1n) is 9.41. The van der Waals surface area contributed by atoms with Gasteiger partial charge in [0, 0.05) is 17.8 Å². The number of nitrogens with zero attached hydrogens (tertiary/aromatic N) is 2. The standard InChI is InChI=1S/C19H26N2O4S/c1-25-16-9-7-15(8-10-16)21-18-13-26(23,24)12-17(18)20(11-19(21)22)14-5-3-2-4-6-14/h7-10,14,17-18H,2-6,11-13H2,1H3/t17-,18-/m1/s1. The van der Waals surface area contributed by atoms with Crippen LogP contribution in [0.4, 0.5) is 5.69 Å². The third-order valence-corrected chi connectivity index (χ3v) is 7.73. The molecular weight excluding hydrogens is 352 g/mol. The van der Waals surface area contributed by atoms with Crippen molar-refractivity contribution in [2.45, 2.75) is 50.2 Å². The van der Waals surface area contributed by atoms with Crippen molar-refractivity contribution in [1.82, 2.24) is 4.90 Å². The van der Waals surface area contributed by atoms with Gasteiger partial charge in [-0.3, -0.25) is 9.69 Å². The predicted molar refractivity (Wildman–Crippen MR) is 100 cm³/mol. The number of methoxy groups -OCH3 is 1. The minimum Gasteiger partial charge on any atom is -0.497 e. The zero-order valence-corrected chi connectivity index (χ0v) is 16.0. The second-order valence-electron chi connectivity index (χ2n) is 7.64. The summed E-state index contributed by atoms with van der Waals surface area (Å²) in [4.78, 5) is 16.9. The van der Waals surface area contributed by atoms with Gasteiger partial charge in [-0.2, -0.15) is 0 Å². The molecule has 3 aliphatic rings. The molecule has 0 spiro atoms. The summed E-state index contributed by atoms with van der Waals surface area (Å²) < 4.78 is 30.0. The Morgan fingerprint density at radius 3 is 2.31 bits per heavy atom. The number of hydrogen-bond acceptors (Lipinski definition) is 5. The van der Waals surface area contributed by atoms with Gasteiger partial charge in [-0.15, -0.1) is 0 Å². The van der Waals surface area contributed by atoms with E-state index in [2.05, 4.69) is 4.90 Å². The lowest BCUT2D eigenvalue weighted by molar-refractivity contribution is -0.124. The van der Waals surface area contributed by atoms with E-state index in [1.54, 1.807) is 12.0 Å². The molecule has 1 aliphatic carbocycles. The van der Waals surface area contributed by atoms with Crippen molar-refractivity contribution in [3.63, 3.8) is 0 Å². The number of hydrogen-bond donors (Lipinski definition) is 0. The maximum Gasteiger partial charge on any atom is 0.241 e. The molecule has 0 aromatic heterocycles. The molecule has 2 atom stereocenters. The maximum atomic E-state index is 13.0. The normalized spacial score (nSPS) is 29.6. The minimum absolute atomic E-state index is 0.000842. The van der Waals surface area contributed by atoms with Crippen LogP contribution in [-0.4, -0.2) is 62.5 Å². The van der Waals surface area contributed by atoms with Crippen LogP contribution in [0.1, 0.15) is 32.1 Å². The Morgan fingerprint density at radius 2 is 1.65 bits per heavy atom. The molecule has 0 bridgehead atoms. The Labute approximate surface area is 155 Å². The molecule has 3 fully saturated rings. The van der Waals surface area contributed by atoms with Crippen molar-refractivity contribution >= 4 is 21.4 Å². The van der Waals surface area contributed by atoms with Crippen LogP contribution in [0.5, 0.6) is 5.75 Å². The largest absolute Gasteiger partial charge is 0.497 e. The average molecular weight is 378 g/mol. The molecule has 2 heterocycles. The highest BCUT2D eigenvalue weighted by Crippen LogP contribution is 2.36. The molecule has 2 saturated heterocycles. The van der Waals surface area contributed by atoms with E-state index in [9.17, 15) is 13.2 Å². The second kappa shape index (κ2) is 6.85. The highest BCUT2D eigenvalue weighted by atomic mass is 32.2. The SMILES string of the molecule is COc1ccc(N2C(=O)CN(C3CCCCC3)[C@@H]3CS(=O)(=O)C[C@H]32)cc1. The molecule has 0 unspecified atom stereocenters. The Balaban J connectivity index is 1.66. The predicted octanol–water partition coefficient (Wildman–Crippen LogP) is 1.84. The number of sulfone groups is 1. The van der Waals surface area contributed by atoms with E-state index in [4.69, 9.17) is 4.74 Å². The van der Waals surface area contributed by atoms with Crippen molar-refractivity contribution in [1.29, 1.82) is 0 Å². The lowest BCUT2D eigenvalue weighted by Crippen LogP contribution is -2.64. The maximum absolute atomic E-state index is 13.0. The first-order chi connectivity index (χ1) is 12.5. The smallest absolute Gasteiger partial charge is 0.241 e. The first-order valence-corrected chi connectivity index (χ1v) is 11.2. The summed E-state index contributed by atoms with van der Waals surface area (Å²) >= 11 is 0. The summed E-state index contributed by atoms with van der Waals surface area (Å²) in [7, 11) is -1.54. The quantitative estimate of drug-likeness (QED) is 0.803. The van der Waals surface area contributed by atoms with Crippen molar-refractivity contribution in [3.8, 4) is 5.75 Å². The first kappa shape index (κ1) is 17.8. The average Bonchev–Trinajstić information content (AvgIpc) is 2.97. The number of benzene rings is 1. The number of piperazine rings is 1. The topological polar surface area (TPSA) is 66.9 Å². The van der Waals surface area contributed by atoms with Gasteiger partial charge < -0.3 is 9.64 Å². The van der Waals surface area contributed by atoms with Crippen LogP contribution < -0.4 is 9.64 Å². The molecule has 1 aromatic carbocycles. The summed E-state index contributed by atoms with van der Waals surface area (Å²) in [6.45, 7) is 0.313. The van der Waals surface area contributed by atoms with Crippen molar-refractivity contribution < 1.29 is 17.9 Å². The highest BCUT2D eigenvalue weighted by molar-refractivity contribution is 7.91. The van der Waals surface area contributed by atoms with Gasteiger partial charge in [0.1, 0.15) is 5.75 Å². The van der Waals surface area contributed by atoms with E-state index >= 15 is 0 Å². The molecule has 6 nitrogen and oxygen atoms in total. The lowest BCUT2D eigenvalue weighted by atomic mass is 9.91. The van der Waals surface area contributed by atoms with Gasteiger partial charge in [0.2, 0.25) is 5.91 Å². The monoisotopic (exact) mass is 378 g/mol. The number of carbonyl (C=O) groups excluding carboxylic acids is 1. The zero-order chi connectivity index (χ0) is 18.3. The van der Waals surface area contributed by atoms with Gasteiger partial charge in [-0.1, -0.05) is 19.3 Å². The van der Waals surface area contributed by atoms with Crippen LogP contribution in [0.15, 0.2) is 24.3 Å². The van der Waals surface area contributed by atoms with Crippen molar-refractivity contribution in [2.75, 3.05) is 30.1 Å². The fourth-order valence-corrected chi connectivity index (χ4v) is 6.76. The Bertz CT molecular complexity index is 771. The Morgan fingerprint density at radius 1 is 1.00 bits per heavy atom. The van der Waals surface area contributed by atoms with E-state index in [-0.39, 0.29) is 29.5 Å². The number of carbonyl (C=O) groups is 1. The molecule has 1 aromatic rings. The summed E-state index contributed by atoms with van der Waals surface area (Å²) in [6.07, 6.45) is 5.71. The van der Waals surface area contributed by atoms with Gasteiger partial charge in [0.15, 0.2) is 9.84 Å². The van der Waals surface area contributed by atoms with E-state index in [0.29, 0.717) is 12.6 Å². The molecule has 0 radical (unpaired) electrons. The summed E-state index contributed by atoms with van der Waals surface area (Å²) in [5.41, 5.74) is 0.756. The van der Waals surface area contributed by atoms with E-state index in [1.165, 1.54) is 19.3 Å². The second-order valence-corrected chi connectivity index (χ2v) is 9.79. The zero-order valence-electron chi connectivity index (χ0n) is 15.1. The number of rotatable bonds is 3. The van der Waals surface area contributed by atoms with Gasteiger partial charge in [-0.25, -0.2) is 8.42 Å². The Hall–Kier alpha value is -1.60. The summed E-state index contributed by atoms with van der Waals surface area (Å²) in [5, 5.41) is 0. The Kier molecular flexibility index (Phi) is 4.69. The molecule has 7 heteroatoms. The summed E-state index contributed by atoms with van der Waals surface area (Å²) in [6, 6.07) is 7.26. The lowest BCUT2D eigenvalue weighted by Gasteiger charge is -2.47. The highest BCUT2D eigenvalue weighted by Gasteiger charge is 2.51. The third kappa shape index (κ3) is 3.22. The van der Waals surface area contributed by atoms with Gasteiger partial charge in [0.05, 0.1) is 31.2 Å². The fraction of sp³-hybridized carbons (Fsp3) is 0.632. The van der Waals surface area contributed by atoms with Crippen LogP contribution in [0.3, 0.4) is 0 Å².